The van der Waals surface area contributed by atoms with Crippen LogP contribution in [-0.4, -0.2) is 17.0 Å². The molecule has 0 bridgehead atoms. The number of amides is 1. The molecule has 0 aliphatic heterocycles. The smallest absolute Gasteiger partial charge is 0.303 e. The lowest BCUT2D eigenvalue weighted by Gasteiger charge is -2.15. The maximum absolute atomic E-state index is 13.5. The first-order valence-electron chi connectivity index (χ1n) is 7.43. The van der Waals surface area contributed by atoms with Crippen LogP contribution in [0.3, 0.4) is 0 Å². The highest BCUT2D eigenvalue weighted by Gasteiger charge is 2.19. The van der Waals surface area contributed by atoms with E-state index in [4.69, 9.17) is 5.11 Å². The van der Waals surface area contributed by atoms with E-state index >= 15 is 0 Å². The average Bonchev–Trinajstić information content (AvgIpc) is 2.54. The highest BCUT2D eigenvalue weighted by Crippen LogP contribution is 2.24. The number of rotatable bonds is 7. The normalized spacial score (nSPS) is 11.8. The molecule has 0 saturated heterocycles. The molecular formula is C18H17F2NO3. The number of carbonyl (C=O) groups excluding carboxylic acids is 1. The minimum absolute atomic E-state index is 0.0225. The lowest BCUT2D eigenvalue weighted by atomic mass is 9.92. The van der Waals surface area contributed by atoms with Crippen molar-refractivity contribution < 1.29 is 23.5 Å². The summed E-state index contributed by atoms with van der Waals surface area (Å²) in [4.78, 5) is 23.1. The van der Waals surface area contributed by atoms with Crippen LogP contribution in [0.1, 0.15) is 29.9 Å². The molecule has 6 heteroatoms. The second-order valence-corrected chi connectivity index (χ2v) is 5.42. The van der Waals surface area contributed by atoms with Gasteiger partial charge in [-0.1, -0.05) is 30.3 Å². The molecule has 0 unspecified atom stereocenters. The molecule has 0 heterocycles. The average molecular weight is 333 g/mol. The van der Waals surface area contributed by atoms with Gasteiger partial charge in [-0.15, -0.1) is 0 Å². The van der Waals surface area contributed by atoms with Gasteiger partial charge < -0.3 is 10.4 Å². The minimum atomic E-state index is -1.05. The molecule has 1 amide bonds. The van der Waals surface area contributed by atoms with Gasteiger partial charge in [-0.05, 0) is 23.8 Å². The maximum atomic E-state index is 13.5. The molecule has 0 aliphatic carbocycles. The summed E-state index contributed by atoms with van der Waals surface area (Å²) < 4.78 is 26.5. The zero-order valence-electron chi connectivity index (χ0n) is 12.8. The van der Waals surface area contributed by atoms with Gasteiger partial charge in [0.05, 0.1) is 6.42 Å². The Morgan fingerprint density at radius 1 is 1.00 bits per heavy atom. The summed E-state index contributed by atoms with van der Waals surface area (Å²) >= 11 is 0. The molecule has 2 rings (SSSR count). The van der Waals surface area contributed by atoms with Crippen LogP contribution in [0.4, 0.5) is 8.78 Å². The van der Waals surface area contributed by atoms with E-state index in [9.17, 15) is 18.4 Å². The van der Waals surface area contributed by atoms with E-state index in [1.165, 1.54) is 30.3 Å². The van der Waals surface area contributed by atoms with Crippen molar-refractivity contribution in [3.63, 3.8) is 0 Å². The van der Waals surface area contributed by atoms with Crippen molar-refractivity contribution in [2.75, 3.05) is 0 Å². The largest absolute Gasteiger partial charge is 0.481 e. The Hall–Kier alpha value is -2.76. The van der Waals surface area contributed by atoms with E-state index < -0.39 is 29.4 Å². The predicted molar refractivity (Wildman–Crippen MR) is 84.3 cm³/mol. The van der Waals surface area contributed by atoms with Gasteiger partial charge in [0.1, 0.15) is 11.6 Å². The Morgan fingerprint density at radius 3 is 2.29 bits per heavy atom. The van der Waals surface area contributed by atoms with E-state index in [1.54, 1.807) is 18.2 Å². The van der Waals surface area contributed by atoms with Crippen LogP contribution in [0, 0.1) is 11.6 Å². The standard InChI is InChI=1S/C18H17F2NO3/c19-15-7-5-12(6-8-15)14(10-18(23)24)9-17(22)21-11-13-3-1-2-4-16(13)20/h1-8,14H,9-11H2,(H,21,22)(H,23,24)/t14-/m1/s1. The van der Waals surface area contributed by atoms with Crippen molar-refractivity contribution in [2.24, 2.45) is 0 Å². The van der Waals surface area contributed by atoms with Crippen molar-refractivity contribution in [1.29, 1.82) is 0 Å². The highest BCUT2D eigenvalue weighted by atomic mass is 19.1. The highest BCUT2D eigenvalue weighted by molar-refractivity contribution is 5.78. The molecule has 24 heavy (non-hydrogen) atoms. The Bertz CT molecular complexity index is 716. The molecular weight excluding hydrogens is 316 g/mol. The SMILES string of the molecule is O=C(O)C[C@@H](CC(=O)NCc1ccccc1F)c1ccc(F)cc1. The van der Waals surface area contributed by atoms with Gasteiger partial charge in [0.25, 0.3) is 0 Å². The summed E-state index contributed by atoms with van der Waals surface area (Å²) in [5.41, 5.74) is 0.919. The zero-order chi connectivity index (χ0) is 17.5. The van der Waals surface area contributed by atoms with Crippen molar-refractivity contribution in [2.45, 2.75) is 25.3 Å². The molecule has 2 aromatic rings. The number of nitrogens with one attached hydrogen (secondary N) is 1. The van der Waals surface area contributed by atoms with Crippen LogP contribution in [0.15, 0.2) is 48.5 Å². The second kappa shape index (κ2) is 8.19. The fourth-order valence-corrected chi connectivity index (χ4v) is 2.39. The molecule has 0 fully saturated rings. The van der Waals surface area contributed by atoms with Gasteiger partial charge in [0, 0.05) is 24.4 Å². The van der Waals surface area contributed by atoms with E-state index in [0.29, 0.717) is 11.1 Å². The van der Waals surface area contributed by atoms with Crippen LogP contribution in [0.2, 0.25) is 0 Å². The number of benzene rings is 2. The number of carboxylic acid groups (broad SMARTS) is 1. The van der Waals surface area contributed by atoms with Crippen molar-refractivity contribution in [3.8, 4) is 0 Å². The van der Waals surface area contributed by atoms with Gasteiger partial charge >= 0.3 is 5.97 Å². The second-order valence-electron chi connectivity index (χ2n) is 5.42. The summed E-state index contributed by atoms with van der Waals surface area (Å²) in [7, 11) is 0. The summed E-state index contributed by atoms with van der Waals surface area (Å²) in [5, 5.41) is 11.6. The van der Waals surface area contributed by atoms with Gasteiger partial charge in [-0.2, -0.15) is 0 Å². The molecule has 0 aliphatic rings. The van der Waals surface area contributed by atoms with Crippen molar-refractivity contribution >= 4 is 11.9 Å². The summed E-state index contributed by atoms with van der Waals surface area (Å²) in [6.45, 7) is 0.0225. The van der Waals surface area contributed by atoms with Crippen molar-refractivity contribution in [1.82, 2.24) is 5.32 Å². The molecule has 0 spiro atoms. The Morgan fingerprint density at radius 2 is 1.67 bits per heavy atom. The fraction of sp³-hybridized carbons (Fsp3) is 0.222. The Kier molecular flexibility index (Phi) is 6.01. The lowest BCUT2D eigenvalue weighted by Crippen LogP contribution is -2.25. The minimum Gasteiger partial charge on any atom is -0.481 e. The number of carboxylic acids is 1. The molecule has 2 N–H and O–H groups in total. The van der Waals surface area contributed by atoms with Gasteiger partial charge in [-0.3, -0.25) is 9.59 Å². The fourth-order valence-electron chi connectivity index (χ4n) is 2.39. The summed E-state index contributed by atoms with van der Waals surface area (Å²) in [6, 6.07) is 11.5. The zero-order valence-corrected chi connectivity index (χ0v) is 12.8. The predicted octanol–water partition coefficient (Wildman–Crippen LogP) is 3.23. The lowest BCUT2D eigenvalue weighted by molar-refractivity contribution is -0.137. The molecule has 0 aromatic heterocycles. The Balaban J connectivity index is 2.00. The number of hydrogen-bond acceptors (Lipinski definition) is 2. The molecule has 0 saturated carbocycles. The maximum Gasteiger partial charge on any atom is 0.303 e. The van der Waals surface area contributed by atoms with Gasteiger partial charge in [0.15, 0.2) is 0 Å². The van der Waals surface area contributed by atoms with Gasteiger partial charge in [-0.25, -0.2) is 8.78 Å². The Labute approximate surface area is 138 Å². The van der Waals surface area contributed by atoms with E-state index in [1.807, 2.05) is 0 Å². The molecule has 126 valence electrons. The number of aliphatic carboxylic acids is 1. The first-order valence-corrected chi connectivity index (χ1v) is 7.43. The first-order chi connectivity index (χ1) is 11.5. The molecule has 4 nitrogen and oxygen atoms in total. The third-order valence-corrected chi connectivity index (χ3v) is 3.63. The first kappa shape index (κ1) is 17.6. The van der Waals surface area contributed by atoms with E-state index in [0.717, 1.165) is 0 Å². The van der Waals surface area contributed by atoms with Crippen LogP contribution >= 0.6 is 0 Å². The third kappa shape index (κ3) is 5.15. The quantitative estimate of drug-likeness (QED) is 0.817. The van der Waals surface area contributed by atoms with Gasteiger partial charge in [0.2, 0.25) is 5.91 Å². The van der Waals surface area contributed by atoms with Crippen LogP contribution in [-0.2, 0) is 16.1 Å². The molecule has 2 aromatic carbocycles. The number of hydrogen-bond donors (Lipinski definition) is 2. The van der Waals surface area contributed by atoms with Crippen molar-refractivity contribution in [3.05, 3.63) is 71.3 Å². The number of carbonyl (C=O) groups is 2. The van der Waals surface area contributed by atoms with E-state index in [2.05, 4.69) is 5.32 Å². The van der Waals surface area contributed by atoms with E-state index in [-0.39, 0.29) is 19.4 Å². The van der Waals surface area contributed by atoms with Crippen LogP contribution in [0.5, 0.6) is 0 Å². The number of halogens is 2. The third-order valence-electron chi connectivity index (χ3n) is 3.63. The monoisotopic (exact) mass is 333 g/mol. The van der Waals surface area contributed by atoms with Crippen LogP contribution in [0.25, 0.3) is 0 Å². The molecule has 1 atom stereocenters. The van der Waals surface area contributed by atoms with Crippen LogP contribution < -0.4 is 5.32 Å². The summed E-state index contributed by atoms with van der Waals surface area (Å²) in [6.07, 6.45) is -0.328. The molecule has 0 radical (unpaired) electrons. The topological polar surface area (TPSA) is 66.4 Å². The summed E-state index contributed by atoms with van der Waals surface area (Å²) in [5.74, 6) is -2.88.